The molecule has 0 bridgehead atoms. The van der Waals surface area contributed by atoms with Crippen molar-refractivity contribution in [1.82, 2.24) is 0 Å². The van der Waals surface area contributed by atoms with Crippen LogP contribution in [0.5, 0.6) is 11.5 Å². The highest BCUT2D eigenvalue weighted by Crippen LogP contribution is 2.26. The molecule has 0 aliphatic carbocycles. The molecule has 0 spiro atoms. The summed E-state index contributed by atoms with van der Waals surface area (Å²) in [4.78, 5) is 0. The Morgan fingerprint density at radius 3 is 2.78 bits per heavy atom. The van der Waals surface area contributed by atoms with Crippen molar-refractivity contribution in [1.29, 1.82) is 0 Å². The molecule has 1 aromatic rings. The number of rotatable bonds is 3. The van der Waals surface area contributed by atoms with Gasteiger partial charge in [0, 0.05) is 6.61 Å². The molecule has 0 aromatic heterocycles. The van der Waals surface area contributed by atoms with Crippen molar-refractivity contribution in [2.45, 2.75) is 25.3 Å². The van der Waals surface area contributed by atoms with Crippen LogP contribution in [0.25, 0.3) is 0 Å². The molecule has 1 fully saturated rings. The van der Waals surface area contributed by atoms with Crippen molar-refractivity contribution in [3.8, 4) is 11.5 Å². The molecule has 18 heavy (non-hydrogen) atoms. The van der Waals surface area contributed by atoms with Gasteiger partial charge in [0.05, 0.1) is 7.11 Å². The van der Waals surface area contributed by atoms with Crippen LogP contribution in [0.15, 0.2) is 30.9 Å². The zero-order chi connectivity index (χ0) is 13.2. The number of methoxy groups -OCH3 is 1. The number of aromatic hydroxyl groups is 1. The quantitative estimate of drug-likeness (QED) is 0.674. The number of hydrogen-bond acceptors (Lipinski definition) is 3. The minimum atomic E-state index is 0.172. The number of ether oxygens (including phenoxy) is 1. The van der Waals surface area contributed by atoms with Crippen LogP contribution < -0.4 is 4.74 Å². The summed E-state index contributed by atoms with van der Waals surface area (Å²) in [6, 6.07) is 6.58. The average Bonchev–Trinajstić information content (AvgIpc) is 2.44. The van der Waals surface area contributed by atoms with Crippen LogP contribution in [0.3, 0.4) is 0 Å². The van der Waals surface area contributed by atoms with Gasteiger partial charge < -0.3 is 14.3 Å². The lowest BCUT2D eigenvalue weighted by Crippen LogP contribution is -2.06. The van der Waals surface area contributed by atoms with Crippen molar-refractivity contribution < 1.29 is 14.3 Å². The van der Waals surface area contributed by atoms with E-state index in [0.29, 0.717) is 5.75 Å². The summed E-state index contributed by atoms with van der Waals surface area (Å²) in [5.41, 5.74) is 1.08. The molecule has 1 aliphatic rings. The topological polar surface area (TPSA) is 38.7 Å². The second-order valence-corrected chi connectivity index (χ2v) is 5.03. The van der Waals surface area contributed by atoms with Crippen molar-refractivity contribution >= 4 is 9.76 Å². The Kier molecular flexibility index (Phi) is 7.21. The Morgan fingerprint density at radius 1 is 1.50 bits per heavy atom. The lowest BCUT2D eigenvalue weighted by molar-refractivity contribution is 0.304. The van der Waals surface area contributed by atoms with Gasteiger partial charge in [-0.25, -0.2) is 0 Å². The van der Waals surface area contributed by atoms with Gasteiger partial charge in [0.25, 0.3) is 0 Å². The molecule has 0 unspecified atom stereocenters. The minimum Gasteiger partial charge on any atom is -0.504 e. The summed E-state index contributed by atoms with van der Waals surface area (Å²) in [6.45, 7) is 4.64. The molecule has 2 radical (unpaired) electrons. The second-order valence-electron chi connectivity index (χ2n) is 3.95. The minimum absolute atomic E-state index is 0.172. The van der Waals surface area contributed by atoms with E-state index in [4.69, 9.17) is 9.16 Å². The van der Waals surface area contributed by atoms with E-state index in [1.165, 1.54) is 26.0 Å². The number of phenolic OH excluding ortho intramolecular Hbond substituents is 1. The maximum absolute atomic E-state index is 9.25. The molecule has 2 rings (SSSR count). The highest BCUT2D eigenvalue weighted by Gasteiger charge is 2.00. The number of benzene rings is 1. The van der Waals surface area contributed by atoms with Gasteiger partial charge in [-0.1, -0.05) is 18.6 Å². The average molecular weight is 264 g/mol. The summed E-state index contributed by atoms with van der Waals surface area (Å²) in [6.07, 6.45) is 5.27. The van der Waals surface area contributed by atoms with E-state index < -0.39 is 0 Å². The third kappa shape index (κ3) is 5.38. The van der Waals surface area contributed by atoms with Gasteiger partial charge in [0.1, 0.15) is 0 Å². The Bertz CT molecular complexity index is 351. The standard InChI is InChI=1S/C10H12O2.C4H8OSi/c1-3-4-8-5-6-9(11)10(7-8)12-2;1-2-4-6-5-3-1/h3,5-7,11H,1,4H2,2H3;1-4H2. The van der Waals surface area contributed by atoms with Gasteiger partial charge in [-0.05, 0) is 36.6 Å². The fraction of sp³-hybridized carbons (Fsp3) is 0.429. The SMILES string of the molecule is C1CC[Si]OC1.C=CCc1ccc(O)c(OC)c1. The van der Waals surface area contributed by atoms with Gasteiger partial charge in [-0.3, -0.25) is 0 Å². The zero-order valence-corrected chi connectivity index (χ0v) is 11.8. The smallest absolute Gasteiger partial charge is 0.229 e. The lowest BCUT2D eigenvalue weighted by atomic mass is 10.1. The van der Waals surface area contributed by atoms with Crippen LogP contribution in [0.4, 0.5) is 0 Å². The first-order chi connectivity index (χ1) is 8.77. The van der Waals surface area contributed by atoms with Gasteiger partial charge in [0.2, 0.25) is 9.76 Å². The Balaban J connectivity index is 0.000000225. The normalized spacial score (nSPS) is 14.3. The van der Waals surface area contributed by atoms with Gasteiger partial charge in [-0.2, -0.15) is 0 Å². The van der Waals surface area contributed by atoms with Crippen LogP contribution in [-0.2, 0) is 10.8 Å². The fourth-order valence-electron chi connectivity index (χ4n) is 1.53. The van der Waals surface area contributed by atoms with Crippen LogP contribution in [0.1, 0.15) is 18.4 Å². The van der Waals surface area contributed by atoms with Gasteiger partial charge in [-0.15, -0.1) is 6.58 Å². The predicted octanol–water partition coefficient (Wildman–Crippen LogP) is 2.96. The summed E-state index contributed by atoms with van der Waals surface area (Å²) in [5, 5.41) is 9.25. The Hall–Kier alpha value is -1.26. The molecule has 1 aromatic carbocycles. The molecule has 1 N–H and O–H groups in total. The van der Waals surface area contributed by atoms with Gasteiger partial charge in [0.15, 0.2) is 11.5 Å². The molecule has 4 heteroatoms. The molecule has 1 aliphatic heterocycles. The summed E-state index contributed by atoms with van der Waals surface area (Å²) in [7, 11) is 2.34. The zero-order valence-electron chi connectivity index (χ0n) is 10.8. The van der Waals surface area contributed by atoms with E-state index in [-0.39, 0.29) is 5.75 Å². The summed E-state index contributed by atoms with van der Waals surface area (Å²) < 4.78 is 10.0. The molecule has 0 amide bonds. The van der Waals surface area contributed by atoms with Crippen LogP contribution in [0.2, 0.25) is 6.04 Å². The first-order valence-corrected chi connectivity index (χ1v) is 7.21. The summed E-state index contributed by atoms with van der Waals surface area (Å²) >= 11 is 0. The highest BCUT2D eigenvalue weighted by atomic mass is 28.2. The maximum atomic E-state index is 9.25. The van der Waals surface area contributed by atoms with E-state index in [9.17, 15) is 5.11 Å². The molecule has 0 saturated carbocycles. The molecule has 3 nitrogen and oxygen atoms in total. The van der Waals surface area contributed by atoms with E-state index in [1.807, 2.05) is 12.1 Å². The third-order valence-electron chi connectivity index (χ3n) is 2.50. The van der Waals surface area contributed by atoms with Crippen molar-refractivity contribution in [2.75, 3.05) is 13.7 Å². The van der Waals surface area contributed by atoms with Crippen molar-refractivity contribution in [2.24, 2.45) is 0 Å². The van der Waals surface area contributed by atoms with Crippen LogP contribution in [-0.4, -0.2) is 28.6 Å². The third-order valence-corrected chi connectivity index (χ3v) is 3.47. The van der Waals surface area contributed by atoms with E-state index in [1.54, 1.807) is 12.1 Å². The Morgan fingerprint density at radius 2 is 2.33 bits per heavy atom. The van der Waals surface area contributed by atoms with Crippen LogP contribution >= 0.6 is 0 Å². The molecular weight excluding hydrogens is 244 g/mol. The van der Waals surface area contributed by atoms with Crippen molar-refractivity contribution in [3.63, 3.8) is 0 Å². The molecular formula is C14H20O3Si. The van der Waals surface area contributed by atoms with Crippen molar-refractivity contribution in [3.05, 3.63) is 36.4 Å². The number of allylic oxidation sites excluding steroid dienone is 1. The molecule has 98 valence electrons. The first-order valence-electron chi connectivity index (χ1n) is 6.09. The maximum Gasteiger partial charge on any atom is 0.229 e. The highest BCUT2D eigenvalue weighted by molar-refractivity contribution is 6.27. The number of phenols is 1. The first kappa shape index (κ1) is 14.8. The predicted molar refractivity (Wildman–Crippen MR) is 74.3 cm³/mol. The van der Waals surface area contributed by atoms with E-state index in [0.717, 1.165) is 28.4 Å². The largest absolute Gasteiger partial charge is 0.504 e. The van der Waals surface area contributed by atoms with E-state index in [2.05, 4.69) is 6.58 Å². The number of hydrogen-bond donors (Lipinski definition) is 1. The molecule has 0 atom stereocenters. The monoisotopic (exact) mass is 264 g/mol. The van der Waals surface area contributed by atoms with Gasteiger partial charge >= 0.3 is 0 Å². The van der Waals surface area contributed by atoms with Crippen LogP contribution in [0, 0.1) is 0 Å². The lowest BCUT2D eigenvalue weighted by Gasteiger charge is -2.06. The Labute approximate surface area is 111 Å². The fourth-order valence-corrected chi connectivity index (χ4v) is 2.36. The summed E-state index contributed by atoms with van der Waals surface area (Å²) in [5.74, 6) is 0.680. The molecule has 1 heterocycles. The second kappa shape index (κ2) is 8.77. The molecule has 1 saturated heterocycles. The van der Waals surface area contributed by atoms with E-state index >= 15 is 0 Å².